The normalized spacial score (nSPS) is 14.2. The lowest BCUT2D eigenvalue weighted by Gasteiger charge is -2.04. The quantitative estimate of drug-likeness (QED) is 0.666. The molecule has 0 bridgehead atoms. The first-order valence-electron chi connectivity index (χ1n) is 8.05. The van der Waals surface area contributed by atoms with Gasteiger partial charge in [0.25, 0.3) is 0 Å². The molecule has 0 saturated heterocycles. The Morgan fingerprint density at radius 1 is 1.38 bits per heavy atom. The van der Waals surface area contributed by atoms with Crippen molar-refractivity contribution in [2.75, 3.05) is 6.61 Å². The lowest BCUT2D eigenvalue weighted by molar-refractivity contribution is 0.0493. The molecule has 3 aromatic heterocycles. The van der Waals surface area contributed by atoms with Crippen LogP contribution in [-0.2, 0) is 11.3 Å². The summed E-state index contributed by atoms with van der Waals surface area (Å²) in [5, 5.41) is 5.08. The van der Waals surface area contributed by atoms with E-state index in [1.165, 1.54) is 11.3 Å². The Bertz CT molecular complexity index is 897. The second-order valence-corrected chi connectivity index (χ2v) is 7.08. The van der Waals surface area contributed by atoms with E-state index in [9.17, 15) is 4.79 Å². The van der Waals surface area contributed by atoms with E-state index in [1.807, 2.05) is 26.1 Å². The molecule has 3 aromatic rings. The van der Waals surface area contributed by atoms with Crippen LogP contribution in [0, 0.1) is 13.8 Å². The van der Waals surface area contributed by atoms with E-state index in [4.69, 9.17) is 4.74 Å². The molecule has 6 nitrogen and oxygen atoms in total. The molecule has 0 aliphatic heterocycles. The number of fused-ring (bicyclic) bond motifs is 1. The number of hydrogen-bond acceptors (Lipinski definition) is 6. The van der Waals surface area contributed by atoms with Gasteiger partial charge in [-0.2, -0.15) is 5.10 Å². The highest BCUT2D eigenvalue weighted by Gasteiger charge is 2.28. The Morgan fingerprint density at radius 2 is 2.21 bits per heavy atom. The fourth-order valence-corrected chi connectivity index (χ4v) is 3.94. The molecule has 0 amide bonds. The maximum Gasteiger partial charge on any atom is 0.348 e. The molecule has 124 valence electrons. The first-order chi connectivity index (χ1) is 11.6. The van der Waals surface area contributed by atoms with Crippen LogP contribution in [0.25, 0.3) is 10.2 Å². The van der Waals surface area contributed by atoms with Gasteiger partial charge in [-0.05, 0) is 38.3 Å². The molecule has 1 aliphatic rings. The van der Waals surface area contributed by atoms with E-state index in [-0.39, 0.29) is 5.97 Å². The van der Waals surface area contributed by atoms with Gasteiger partial charge in [0.2, 0.25) is 0 Å². The second kappa shape index (κ2) is 5.98. The molecule has 0 unspecified atom stereocenters. The number of carbonyl (C=O) groups is 1. The van der Waals surface area contributed by atoms with Gasteiger partial charge in [-0.15, -0.1) is 11.3 Å². The molecule has 0 N–H and O–H groups in total. The van der Waals surface area contributed by atoms with E-state index < -0.39 is 0 Å². The molecule has 1 aliphatic carbocycles. The topological polar surface area (TPSA) is 69.9 Å². The number of nitrogens with zero attached hydrogens (tertiary/aromatic N) is 4. The largest absolute Gasteiger partial charge is 0.460 e. The highest BCUT2D eigenvalue weighted by Crippen LogP contribution is 2.40. The summed E-state index contributed by atoms with van der Waals surface area (Å²) in [4.78, 5) is 23.2. The van der Waals surface area contributed by atoms with Crippen LogP contribution >= 0.6 is 11.3 Å². The van der Waals surface area contributed by atoms with E-state index in [2.05, 4.69) is 15.1 Å². The average molecular weight is 342 g/mol. The minimum absolute atomic E-state index is 0.296. The molecule has 3 heterocycles. The average Bonchev–Trinajstić information content (AvgIpc) is 3.18. The minimum Gasteiger partial charge on any atom is -0.460 e. The predicted molar refractivity (Wildman–Crippen MR) is 91.4 cm³/mol. The summed E-state index contributed by atoms with van der Waals surface area (Å²) in [6.45, 7) is 4.78. The van der Waals surface area contributed by atoms with Crippen molar-refractivity contribution < 1.29 is 9.53 Å². The first kappa shape index (κ1) is 15.3. The molecular formula is C17H18N4O2S. The summed E-state index contributed by atoms with van der Waals surface area (Å²) in [6, 6.07) is 1.84. The Morgan fingerprint density at radius 3 is 2.92 bits per heavy atom. The summed E-state index contributed by atoms with van der Waals surface area (Å²) in [5.41, 5.74) is 1.87. The summed E-state index contributed by atoms with van der Waals surface area (Å²) >= 11 is 1.41. The standard InChI is InChI=1S/C17H18N4O2S/c1-10-13-11(2)19-15(12-4-5-12)20-16(13)24-14(10)17(22)23-9-8-21-7-3-6-18-21/h3,6-7,12H,4-5,8-9H2,1-2H3. The number of ether oxygens (including phenoxy) is 1. The number of carbonyl (C=O) groups excluding carboxylic acids is 1. The van der Waals surface area contributed by atoms with Gasteiger partial charge in [0.15, 0.2) is 0 Å². The number of aryl methyl sites for hydroxylation is 2. The van der Waals surface area contributed by atoms with E-state index in [0.717, 1.165) is 40.1 Å². The lowest BCUT2D eigenvalue weighted by atomic mass is 10.1. The van der Waals surface area contributed by atoms with E-state index in [1.54, 1.807) is 10.9 Å². The Kier molecular flexibility index (Phi) is 3.80. The van der Waals surface area contributed by atoms with Gasteiger partial charge in [-0.3, -0.25) is 4.68 Å². The maximum absolute atomic E-state index is 12.4. The molecule has 4 rings (SSSR count). The van der Waals surface area contributed by atoms with Gasteiger partial charge in [-0.25, -0.2) is 14.8 Å². The van der Waals surface area contributed by atoms with E-state index in [0.29, 0.717) is 23.9 Å². The van der Waals surface area contributed by atoms with Crippen molar-refractivity contribution in [2.24, 2.45) is 0 Å². The summed E-state index contributed by atoms with van der Waals surface area (Å²) in [6.07, 6.45) is 5.88. The van der Waals surface area contributed by atoms with Gasteiger partial charge in [0.1, 0.15) is 22.1 Å². The SMILES string of the molecule is Cc1nc(C2CC2)nc2sc(C(=O)OCCn3cccn3)c(C)c12. The van der Waals surface area contributed by atoms with Gasteiger partial charge in [-0.1, -0.05) is 0 Å². The third kappa shape index (κ3) is 2.80. The molecule has 0 atom stereocenters. The monoisotopic (exact) mass is 342 g/mol. The smallest absolute Gasteiger partial charge is 0.348 e. The van der Waals surface area contributed by atoms with Crippen LogP contribution in [0.2, 0.25) is 0 Å². The summed E-state index contributed by atoms with van der Waals surface area (Å²) in [5.74, 6) is 1.12. The van der Waals surface area contributed by atoms with Crippen molar-refractivity contribution >= 4 is 27.5 Å². The van der Waals surface area contributed by atoms with Crippen LogP contribution in [0.1, 0.15) is 45.5 Å². The minimum atomic E-state index is -0.296. The van der Waals surface area contributed by atoms with Crippen LogP contribution in [0.3, 0.4) is 0 Å². The number of esters is 1. The second-order valence-electron chi connectivity index (χ2n) is 6.08. The zero-order valence-electron chi connectivity index (χ0n) is 13.7. The summed E-state index contributed by atoms with van der Waals surface area (Å²) < 4.78 is 7.14. The third-order valence-corrected chi connectivity index (χ3v) is 5.39. The highest BCUT2D eigenvalue weighted by atomic mass is 32.1. The van der Waals surface area contributed by atoms with Crippen molar-refractivity contribution in [2.45, 2.75) is 39.2 Å². The molecule has 7 heteroatoms. The lowest BCUT2D eigenvalue weighted by Crippen LogP contribution is -2.11. The van der Waals surface area contributed by atoms with Crippen LogP contribution < -0.4 is 0 Å². The Labute approximate surface area is 143 Å². The van der Waals surface area contributed by atoms with Crippen molar-refractivity contribution in [1.29, 1.82) is 0 Å². The maximum atomic E-state index is 12.4. The van der Waals surface area contributed by atoms with Gasteiger partial charge < -0.3 is 4.74 Å². The fourth-order valence-electron chi connectivity index (χ4n) is 2.81. The van der Waals surface area contributed by atoms with Crippen LogP contribution in [-0.4, -0.2) is 32.3 Å². The number of rotatable bonds is 5. The first-order valence-corrected chi connectivity index (χ1v) is 8.87. The van der Waals surface area contributed by atoms with Crippen molar-refractivity contribution in [3.63, 3.8) is 0 Å². The Balaban J connectivity index is 1.55. The van der Waals surface area contributed by atoms with Crippen molar-refractivity contribution in [1.82, 2.24) is 19.7 Å². The predicted octanol–water partition coefficient (Wildman–Crippen LogP) is 3.24. The Hall–Kier alpha value is -2.28. The van der Waals surface area contributed by atoms with Crippen LogP contribution in [0.15, 0.2) is 18.5 Å². The molecule has 1 fully saturated rings. The third-order valence-electron chi connectivity index (χ3n) is 4.23. The molecule has 0 radical (unpaired) electrons. The number of thiophene rings is 1. The number of hydrogen-bond donors (Lipinski definition) is 0. The fraction of sp³-hybridized carbons (Fsp3) is 0.412. The molecule has 0 spiro atoms. The number of aromatic nitrogens is 4. The van der Waals surface area contributed by atoms with E-state index >= 15 is 0 Å². The van der Waals surface area contributed by atoms with Gasteiger partial charge in [0.05, 0.1) is 12.2 Å². The van der Waals surface area contributed by atoms with Crippen LogP contribution in [0.5, 0.6) is 0 Å². The molecule has 1 saturated carbocycles. The van der Waals surface area contributed by atoms with Gasteiger partial charge in [0, 0.05) is 23.7 Å². The van der Waals surface area contributed by atoms with Crippen molar-refractivity contribution in [3.05, 3.63) is 40.4 Å². The zero-order chi connectivity index (χ0) is 16.7. The summed E-state index contributed by atoms with van der Waals surface area (Å²) in [7, 11) is 0. The van der Waals surface area contributed by atoms with Crippen molar-refractivity contribution in [3.8, 4) is 0 Å². The highest BCUT2D eigenvalue weighted by molar-refractivity contribution is 7.20. The van der Waals surface area contributed by atoms with Gasteiger partial charge >= 0.3 is 5.97 Å². The molecule has 24 heavy (non-hydrogen) atoms. The van der Waals surface area contributed by atoms with Crippen LogP contribution in [0.4, 0.5) is 0 Å². The molecule has 0 aromatic carbocycles. The zero-order valence-corrected chi connectivity index (χ0v) is 14.5. The molecular weight excluding hydrogens is 324 g/mol.